The summed E-state index contributed by atoms with van der Waals surface area (Å²) in [5, 5.41) is 0. The Bertz CT molecular complexity index is 570. The molecule has 2 heterocycles. The van der Waals surface area contributed by atoms with Crippen molar-refractivity contribution in [1.82, 2.24) is 0 Å². The first-order chi connectivity index (χ1) is 15.2. The molecular weight excluding hydrogens is 517 g/mol. The third kappa shape index (κ3) is 6.75. The second-order valence-corrected chi connectivity index (χ2v) is 27.0. The van der Waals surface area contributed by atoms with Gasteiger partial charge in [-0.3, -0.25) is 0 Å². The summed E-state index contributed by atoms with van der Waals surface area (Å²) in [6.45, 7) is 24.5. The van der Waals surface area contributed by atoms with Crippen LogP contribution in [0.3, 0.4) is 0 Å². The average Bonchev–Trinajstić information content (AvgIpc) is 3.04. The van der Waals surface area contributed by atoms with Gasteiger partial charge in [-0.2, -0.15) is 0 Å². The molecule has 0 bridgehead atoms. The van der Waals surface area contributed by atoms with Crippen molar-refractivity contribution in [3.05, 3.63) is 0 Å². The Hall–Kier alpha value is 0.769. The molecule has 2 aliphatic heterocycles. The van der Waals surface area contributed by atoms with Crippen LogP contribution >= 0.6 is 0 Å². The predicted molar refractivity (Wildman–Crippen MR) is 146 cm³/mol. The Morgan fingerprint density at radius 1 is 0.576 bits per heavy atom. The van der Waals surface area contributed by atoms with Gasteiger partial charge in [-0.1, -0.05) is 0 Å². The third-order valence-electron chi connectivity index (χ3n) is 9.22. The van der Waals surface area contributed by atoms with Gasteiger partial charge in [-0.25, -0.2) is 0 Å². The van der Waals surface area contributed by atoms with Crippen molar-refractivity contribution in [3.63, 3.8) is 0 Å². The summed E-state index contributed by atoms with van der Waals surface area (Å²) in [7, 11) is -0.324. The zero-order valence-electron chi connectivity index (χ0n) is 23.9. The van der Waals surface area contributed by atoms with Gasteiger partial charge in [0, 0.05) is 0 Å². The van der Waals surface area contributed by atoms with E-state index in [1.807, 2.05) is 0 Å². The number of hydrogen-bond acceptors (Lipinski definition) is 4. The molecule has 4 nitrogen and oxygen atoms in total. The van der Waals surface area contributed by atoms with Gasteiger partial charge in [0.25, 0.3) is 0 Å². The van der Waals surface area contributed by atoms with E-state index in [1.54, 1.807) is 0 Å². The molecular formula is C26H54B2O4Sn. The second-order valence-electron chi connectivity index (χ2n) is 12.8. The molecule has 0 aromatic heterocycles. The van der Waals surface area contributed by atoms with Crippen molar-refractivity contribution in [2.75, 3.05) is 0 Å². The van der Waals surface area contributed by atoms with Gasteiger partial charge in [-0.15, -0.1) is 0 Å². The van der Waals surface area contributed by atoms with Crippen molar-refractivity contribution < 1.29 is 18.6 Å². The summed E-state index contributed by atoms with van der Waals surface area (Å²) < 4.78 is 31.5. The van der Waals surface area contributed by atoms with Crippen molar-refractivity contribution in [1.29, 1.82) is 0 Å². The normalized spacial score (nSPS) is 24.5. The summed E-state index contributed by atoms with van der Waals surface area (Å²) in [6, 6.07) is 0. The molecule has 0 saturated carbocycles. The van der Waals surface area contributed by atoms with Crippen molar-refractivity contribution in [2.24, 2.45) is 0 Å². The van der Waals surface area contributed by atoms with Crippen LogP contribution in [-0.4, -0.2) is 55.0 Å². The standard InChI is InChI=1S/C14H27B2O4.3C4H9.Sn/c1-11(2)12(3,4)18-15(17-11)9-10-16-19-13(5,6)14(7,8)20-16;3*1-3-4-2;/h9H,10H2,1-8H3;3*1,3-4H2,2H3;. The Kier molecular flexibility index (Phi) is 10.4. The van der Waals surface area contributed by atoms with E-state index in [4.69, 9.17) is 18.6 Å². The molecule has 1 atom stereocenters. The van der Waals surface area contributed by atoms with Crippen molar-refractivity contribution >= 4 is 32.6 Å². The molecule has 0 amide bonds. The fourth-order valence-corrected chi connectivity index (χ4v) is 23.9. The molecule has 2 rings (SSSR count). The fraction of sp³-hybridized carbons (Fsp3) is 1.00. The van der Waals surface area contributed by atoms with E-state index in [1.165, 1.54) is 51.8 Å². The van der Waals surface area contributed by atoms with Crippen LogP contribution in [0.2, 0.25) is 23.5 Å². The molecule has 0 aliphatic carbocycles. The van der Waals surface area contributed by atoms with Gasteiger partial charge in [0.1, 0.15) is 0 Å². The molecule has 7 heteroatoms. The Labute approximate surface area is 211 Å². The van der Waals surface area contributed by atoms with Crippen LogP contribution in [0.25, 0.3) is 0 Å². The number of unbranched alkanes of at least 4 members (excludes halogenated alkanes) is 3. The molecule has 0 radical (unpaired) electrons. The second kappa shape index (κ2) is 11.4. The third-order valence-corrected chi connectivity index (χ3v) is 26.7. The van der Waals surface area contributed by atoms with Crippen LogP contribution in [0.4, 0.5) is 0 Å². The van der Waals surface area contributed by atoms with Gasteiger partial charge in [0.15, 0.2) is 0 Å². The minimum absolute atomic E-state index is 0.143. The van der Waals surface area contributed by atoms with Gasteiger partial charge < -0.3 is 0 Å². The maximum absolute atomic E-state index is 6.81. The van der Waals surface area contributed by atoms with Gasteiger partial charge in [0.2, 0.25) is 0 Å². The monoisotopic (exact) mass is 572 g/mol. The van der Waals surface area contributed by atoms with Gasteiger partial charge >= 0.3 is 212 Å². The quantitative estimate of drug-likeness (QED) is 0.211. The van der Waals surface area contributed by atoms with E-state index < -0.39 is 18.4 Å². The maximum atomic E-state index is 6.81. The van der Waals surface area contributed by atoms with Crippen LogP contribution in [0, 0.1) is 0 Å². The van der Waals surface area contributed by atoms with Crippen LogP contribution in [0.15, 0.2) is 0 Å². The zero-order chi connectivity index (χ0) is 25.1. The van der Waals surface area contributed by atoms with E-state index in [2.05, 4.69) is 76.2 Å². The van der Waals surface area contributed by atoms with E-state index in [0.717, 1.165) is 6.32 Å². The average molecular weight is 571 g/mol. The molecule has 1 unspecified atom stereocenters. The molecule has 0 aromatic carbocycles. The Balaban J connectivity index is 2.47. The summed E-state index contributed by atoms with van der Waals surface area (Å²) >= 11 is -2.73. The van der Waals surface area contributed by atoms with Gasteiger partial charge in [0.05, 0.1) is 0 Å². The molecule has 0 N–H and O–H groups in total. The summed E-state index contributed by atoms with van der Waals surface area (Å²) in [6.07, 6.45) is 8.72. The molecule has 192 valence electrons. The topological polar surface area (TPSA) is 36.9 Å². The zero-order valence-corrected chi connectivity index (χ0v) is 26.8. The van der Waals surface area contributed by atoms with E-state index in [0.29, 0.717) is 3.83 Å². The van der Waals surface area contributed by atoms with Gasteiger partial charge in [-0.05, 0) is 0 Å². The van der Waals surface area contributed by atoms with Crippen LogP contribution in [0.1, 0.15) is 115 Å². The minimum atomic E-state index is -2.73. The summed E-state index contributed by atoms with van der Waals surface area (Å²) in [5.74, 6) is 0. The molecule has 33 heavy (non-hydrogen) atoms. The first-order valence-corrected chi connectivity index (χ1v) is 21.6. The molecule has 0 aromatic rings. The fourth-order valence-electron chi connectivity index (χ4n) is 5.49. The summed E-state index contributed by atoms with van der Waals surface area (Å²) in [5.41, 5.74) is -1.20. The molecule has 2 aliphatic rings. The van der Waals surface area contributed by atoms with E-state index in [9.17, 15) is 0 Å². The number of hydrogen-bond donors (Lipinski definition) is 0. The molecule has 2 saturated heterocycles. The predicted octanol–water partition coefficient (Wildman–Crippen LogP) is 7.93. The SMILES string of the molecule is CCC[CH2][Sn]([CH2]CCC)([CH2]CCC)[CH](CB1OC(C)(C)C(C)(C)O1)B1OC(C)(C)C(C)(C)O1. The Morgan fingerprint density at radius 2 is 0.909 bits per heavy atom. The molecule has 2 fully saturated rings. The van der Waals surface area contributed by atoms with Crippen LogP contribution in [-0.2, 0) is 18.6 Å². The first-order valence-electron chi connectivity index (χ1n) is 13.9. The first kappa shape index (κ1) is 30.0. The molecule has 0 spiro atoms. The van der Waals surface area contributed by atoms with Crippen LogP contribution in [0.5, 0.6) is 0 Å². The van der Waals surface area contributed by atoms with Crippen molar-refractivity contribution in [3.8, 4) is 0 Å². The van der Waals surface area contributed by atoms with Crippen molar-refractivity contribution in [2.45, 2.75) is 161 Å². The summed E-state index contributed by atoms with van der Waals surface area (Å²) in [4.78, 5) is 0. The Morgan fingerprint density at radius 3 is 1.24 bits per heavy atom. The van der Waals surface area contributed by atoms with Crippen LogP contribution < -0.4 is 0 Å². The van der Waals surface area contributed by atoms with E-state index >= 15 is 0 Å². The van der Waals surface area contributed by atoms with E-state index in [-0.39, 0.29) is 36.6 Å². The number of rotatable bonds is 13.